The summed E-state index contributed by atoms with van der Waals surface area (Å²) >= 11 is 3.22. The largest absolute Gasteiger partial charge is 0.542 e. The SMILES string of the molecule is Cn1cnc(S[C@H]2[C@H]3C(=O)C=C4S[C@H]5C[C@]42c2c(c(O)c4c6c2=[N+]3CCC=6C=N4)N5)c1C[C@H](N)C(=O)O.O=C(O)C(F)(F)F.O=C([O-])C(F)(F)F. The molecule has 1 aliphatic carbocycles. The van der Waals surface area contributed by atoms with Crippen LogP contribution in [0, 0.1) is 0 Å². The first kappa shape index (κ1) is 36.2. The van der Waals surface area contributed by atoms with E-state index in [1.54, 1.807) is 29.9 Å². The fourth-order valence-electron chi connectivity index (χ4n) is 7.05. The molecule has 0 saturated carbocycles. The molecule has 6 aliphatic rings. The number of carbonyl (C=O) groups is 4. The Labute approximate surface area is 289 Å². The van der Waals surface area contributed by atoms with Crippen LogP contribution in [0.5, 0.6) is 5.75 Å². The second-order valence-corrected chi connectivity index (χ2v) is 14.4. The lowest BCUT2D eigenvalue weighted by Crippen LogP contribution is -2.69. The number of benzene rings is 1. The number of hydrogen-bond donors (Lipinski definition) is 5. The molecular weight excluding hydrogens is 738 g/mol. The van der Waals surface area contributed by atoms with Crippen molar-refractivity contribution in [1.82, 2.24) is 14.1 Å². The van der Waals surface area contributed by atoms with Gasteiger partial charge in [-0.25, -0.2) is 14.4 Å². The number of allylic oxidation sites excluding steroid dienone is 1. The van der Waals surface area contributed by atoms with Gasteiger partial charge in [-0.15, -0.1) is 11.8 Å². The number of aliphatic imine (C=N–C) groups is 1. The van der Waals surface area contributed by atoms with E-state index >= 15 is 0 Å². The van der Waals surface area contributed by atoms with Crippen LogP contribution in [-0.2, 0) is 38.1 Å². The monoisotopic (exact) mass is 762 g/mol. The van der Waals surface area contributed by atoms with E-state index in [4.69, 9.17) is 25.5 Å². The molecule has 1 aromatic carbocycles. The summed E-state index contributed by atoms with van der Waals surface area (Å²) in [7, 11) is 1.84. The van der Waals surface area contributed by atoms with Crippen molar-refractivity contribution in [1.29, 1.82) is 0 Å². The standard InChI is InChI=1S/C25H22N6O4S2.2C2HF3O2/c1-30-8-28-23(11(30)4-10(26)24(34)35)37-22-19-12(32)5-13-25(22)6-14(36-13)29-18-16(25)20-15-9(2-3-31(19)20)7-27-17(15)21(18)33;2*3-2(4,5)1(6)7/h5,7-8,10,14,19,22H,2-4,6,26H2,1H3,(H2,27,29,33,34,35);2*(H,6,7)/t10-,14-,19+,22-,25+;;/m0../s1. The van der Waals surface area contributed by atoms with Gasteiger partial charge in [-0.1, -0.05) is 11.8 Å². The van der Waals surface area contributed by atoms with Crippen molar-refractivity contribution < 1.29 is 65.9 Å². The zero-order chi connectivity index (χ0) is 37.5. The van der Waals surface area contributed by atoms with Gasteiger partial charge in [-0.05, 0) is 18.1 Å². The number of aliphatic carboxylic acids is 3. The summed E-state index contributed by atoms with van der Waals surface area (Å²) in [6.45, 7) is 0.688. The van der Waals surface area contributed by atoms with Gasteiger partial charge in [0.2, 0.25) is 17.2 Å². The van der Waals surface area contributed by atoms with Crippen LogP contribution in [0.25, 0.3) is 5.57 Å². The first-order valence-corrected chi connectivity index (χ1v) is 16.5. The van der Waals surface area contributed by atoms with Crippen LogP contribution in [-0.4, -0.2) is 96.4 Å². The van der Waals surface area contributed by atoms with Gasteiger partial charge in [-0.2, -0.15) is 26.3 Å². The summed E-state index contributed by atoms with van der Waals surface area (Å²) in [5, 5.41) is 42.8. The number of nitrogens with zero attached hydrogens (tertiary/aromatic N) is 4. The van der Waals surface area contributed by atoms with Crippen molar-refractivity contribution in [3.8, 4) is 5.75 Å². The molecule has 5 atom stereocenters. The molecule has 22 heteroatoms. The zero-order valence-corrected chi connectivity index (χ0v) is 27.3. The molecule has 5 aliphatic heterocycles. The van der Waals surface area contributed by atoms with Crippen molar-refractivity contribution in [2.24, 2.45) is 17.8 Å². The average molecular weight is 763 g/mol. The number of phenolic OH excluding ortho intramolecular Hbond substituents is 1. The van der Waals surface area contributed by atoms with E-state index < -0.39 is 47.8 Å². The van der Waals surface area contributed by atoms with Crippen LogP contribution in [0.1, 0.15) is 24.1 Å². The molecule has 0 radical (unpaired) electrons. The highest BCUT2D eigenvalue weighted by atomic mass is 32.2. The van der Waals surface area contributed by atoms with E-state index in [9.17, 15) is 46.1 Å². The molecule has 8 rings (SSSR count). The van der Waals surface area contributed by atoms with E-state index in [0.29, 0.717) is 17.3 Å². The summed E-state index contributed by atoms with van der Waals surface area (Å²) < 4.78 is 67.3. The average Bonchev–Trinajstić information content (AvgIpc) is 3.69. The van der Waals surface area contributed by atoms with Gasteiger partial charge in [0.15, 0.2) is 5.75 Å². The number of halogens is 6. The van der Waals surface area contributed by atoms with E-state index in [2.05, 4.69) is 19.9 Å². The first-order valence-electron chi connectivity index (χ1n) is 14.7. The van der Waals surface area contributed by atoms with Crippen LogP contribution >= 0.6 is 23.5 Å². The van der Waals surface area contributed by atoms with E-state index in [-0.39, 0.29) is 28.6 Å². The number of rotatable bonds is 5. The van der Waals surface area contributed by atoms with E-state index in [1.165, 1.54) is 0 Å². The summed E-state index contributed by atoms with van der Waals surface area (Å²) in [6, 6.07) is -1.45. The Morgan fingerprint density at radius 3 is 2.47 bits per heavy atom. The quantitative estimate of drug-likeness (QED) is 0.153. The number of ketones is 1. The van der Waals surface area contributed by atoms with Crippen LogP contribution < -0.4 is 31.3 Å². The molecule has 0 amide bonds. The fraction of sp³-hybridized carbons (Fsp3) is 0.414. The number of aromatic nitrogens is 2. The Morgan fingerprint density at radius 2 is 1.88 bits per heavy atom. The summed E-state index contributed by atoms with van der Waals surface area (Å²) in [5.74, 6) is -6.57. The van der Waals surface area contributed by atoms with Crippen LogP contribution in [0.15, 0.2) is 27.3 Å². The highest BCUT2D eigenvalue weighted by Gasteiger charge is 2.67. The molecule has 1 aromatic heterocycles. The fourth-order valence-corrected chi connectivity index (χ4v) is 10.3. The maximum atomic E-state index is 13.8. The Kier molecular flexibility index (Phi) is 8.73. The summed E-state index contributed by atoms with van der Waals surface area (Å²) in [6.07, 6.45) is -3.23. The Balaban J connectivity index is 0.000000273. The minimum atomic E-state index is -5.19. The molecule has 51 heavy (non-hydrogen) atoms. The van der Waals surface area contributed by atoms with Crippen LogP contribution in [0.3, 0.4) is 0 Å². The van der Waals surface area contributed by atoms with E-state index in [1.807, 2.05) is 23.9 Å². The summed E-state index contributed by atoms with van der Waals surface area (Å²) in [5.41, 5.74) is 9.67. The number of imidazole rings is 1. The van der Waals surface area contributed by atoms with E-state index in [0.717, 1.165) is 50.8 Å². The number of alkyl halides is 6. The van der Waals surface area contributed by atoms with Gasteiger partial charge >= 0.3 is 24.3 Å². The third kappa shape index (κ3) is 5.81. The molecule has 14 nitrogen and oxygen atoms in total. The Hall–Kier alpha value is -4.57. The minimum Gasteiger partial charge on any atom is -0.542 e. The minimum absolute atomic E-state index is 0.0251. The summed E-state index contributed by atoms with van der Waals surface area (Å²) in [4.78, 5) is 53.3. The van der Waals surface area contributed by atoms with Crippen molar-refractivity contribution >= 4 is 70.4 Å². The second-order valence-electron chi connectivity index (χ2n) is 12.1. The zero-order valence-electron chi connectivity index (χ0n) is 25.7. The predicted molar refractivity (Wildman–Crippen MR) is 165 cm³/mol. The third-order valence-corrected chi connectivity index (χ3v) is 11.9. The van der Waals surface area contributed by atoms with Crippen LogP contribution in [0.4, 0.5) is 37.7 Å². The number of aryl methyl sites for hydroxylation is 1. The number of nitrogens with one attached hydrogen (secondary N) is 1. The Bertz CT molecular complexity index is 2090. The molecule has 272 valence electrons. The van der Waals surface area contributed by atoms with Gasteiger partial charge in [0.25, 0.3) is 0 Å². The number of thioether (sulfide) groups is 2. The molecule has 6 N–H and O–H groups in total. The normalized spacial score (nSPS) is 24.8. The molecular formula is C29H24F6N6O8S2. The van der Waals surface area contributed by atoms with Gasteiger partial charge in [0.1, 0.15) is 29.3 Å². The molecule has 2 aromatic rings. The maximum Gasteiger partial charge on any atom is 0.490 e. The lowest BCUT2D eigenvalue weighted by atomic mass is 9.64. The second kappa shape index (κ2) is 12.3. The number of nitrogens with two attached hydrogens (primary N) is 1. The van der Waals surface area contributed by atoms with Crippen molar-refractivity contribution in [2.45, 2.75) is 64.8 Å². The predicted octanol–water partition coefficient (Wildman–Crippen LogP) is -0.0906. The smallest absolute Gasteiger partial charge is 0.490 e. The lowest BCUT2D eigenvalue weighted by Gasteiger charge is -2.47. The molecule has 3 bridgehead atoms. The van der Waals surface area contributed by atoms with Gasteiger partial charge < -0.3 is 40.8 Å². The third-order valence-electron chi connectivity index (χ3n) is 9.11. The first-order chi connectivity index (χ1) is 23.7. The van der Waals surface area contributed by atoms with Crippen molar-refractivity contribution in [3.05, 3.63) is 39.1 Å². The molecule has 6 heterocycles. The number of carboxylic acid groups (broad SMARTS) is 3. The molecule has 1 saturated heterocycles. The maximum absolute atomic E-state index is 13.8. The lowest BCUT2D eigenvalue weighted by molar-refractivity contribution is -0.344. The molecule has 1 fully saturated rings. The Morgan fingerprint density at radius 1 is 1.24 bits per heavy atom. The number of aromatic hydroxyl groups is 1. The number of carbonyl (C=O) groups excluding carboxylic acids is 2. The van der Waals surface area contributed by atoms with Crippen molar-refractivity contribution in [3.63, 3.8) is 0 Å². The van der Waals surface area contributed by atoms with Gasteiger partial charge in [0, 0.05) is 31.0 Å². The highest BCUT2D eigenvalue weighted by molar-refractivity contribution is 8.04. The number of phenols is 1. The van der Waals surface area contributed by atoms with Gasteiger partial charge in [0.05, 0.1) is 44.5 Å². The van der Waals surface area contributed by atoms with Crippen LogP contribution in [0.2, 0.25) is 0 Å². The van der Waals surface area contributed by atoms with Crippen molar-refractivity contribution in [2.75, 3.05) is 11.9 Å². The number of hydrogen-bond acceptors (Lipinski definition) is 12. The number of carboxylic acids is 3. The topological polar surface area (TPSA) is 223 Å². The molecule has 0 unspecified atom stereocenters. The number of fused-ring (bicyclic) bond motifs is 3. The highest BCUT2D eigenvalue weighted by Crippen LogP contribution is 2.65. The van der Waals surface area contributed by atoms with Gasteiger partial charge in [-0.3, -0.25) is 14.6 Å². The molecule has 1 spiro atoms. The number of anilines is 1.